The predicted octanol–water partition coefficient (Wildman–Crippen LogP) is 2.23. The van der Waals surface area contributed by atoms with Gasteiger partial charge >= 0.3 is 6.03 Å². The zero-order valence-corrected chi connectivity index (χ0v) is 13.3. The van der Waals surface area contributed by atoms with E-state index in [-0.39, 0.29) is 18.1 Å². The average Bonchev–Trinajstić information content (AvgIpc) is 2.90. The molecular weight excluding hydrogens is 280 g/mol. The van der Waals surface area contributed by atoms with E-state index in [4.69, 9.17) is 4.74 Å². The molecule has 1 heterocycles. The smallest absolute Gasteiger partial charge is 0.315 e. The summed E-state index contributed by atoms with van der Waals surface area (Å²) in [4.78, 5) is 16.4. The van der Waals surface area contributed by atoms with E-state index in [9.17, 15) is 4.79 Å². The van der Waals surface area contributed by atoms with Crippen molar-refractivity contribution in [2.24, 2.45) is 7.05 Å². The van der Waals surface area contributed by atoms with Gasteiger partial charge in [0.05, 0.1) is 7.11 Å². The molecule has 2 rings (SSSR count). The summed E-state index contributed by atoms with van der Waals surface area (Å²) < 4.78 is 7.07. The van der Waals surface area contributed by atoms with Crippen LogP contribution in [0.3, 0.4) is 0 Å². The molecule has 0 fully saturated rings. The summed E-state index contributed by atoms with van der Waals surface area (Å²) in [6.07, 6.45) is 3.57. The number of methoxy groups -OCH3 is 1. The lowest BCUT2D eigenvalue weighted by molar-refractivity contribution is 0.236. The van der Waals surface area contributed by atoms with Crippen LogP contribution in [0.25, 0.3) is 0 Å². The zero-order chi connectivity index (χ0) is 16.1. The molecule has 2 N–H and O–H groups in total. The highest BCUT2D eigenvalue weighted by Gasteiger charge is 2.21. The summed E-state index contributed by atoms with van der Waals surface area (Å²) in [6.45, 7) is 3.84. The number of urea groups is 1. The second kappa shape index (κ2) is 6.98. The number of aromatic nitrogens is 2. The summed E-state index contributed by atoms with van der Waals surface area (Å²) >= 11 is 0. The van der Waals surface area contributed by atoms with Crippen LogP contribution in [0.4, 0.5) is 4.79 Å². The molecule has 0 radical (unpaired) electrons. The number of carbonyl (C=O) groups excluding carboxylic acids is 1. The molecule has 118 valence electrons. The SMILES string of the molecule is COc1ccc(C(NC(=O)NC(C)C)c2nccn2C)cc1. The number of aryl methyl sites for hydroxylation is 1. The molecule has 1 aromatic carbocycles. The molecule has 1 atom stereocenters. The molecule has 22 heavy (non-hydrogen) atoms. The van der Waals surface area contributed by atoms with Crippen LogP contribution in [0.15, 0.2) is 36.7 Å². The van der Waals surface area contributed by atoms with Crippen LogP contribution < -0.4 is 15.4 Å². The number of nitrogens with one attached hydrogen (secondary N) is 2. The Morgan fingerprint density at radius 3 is 2.41 bits per heavy atom. The summed E-state index contributed by atoms with van der Waals surface area (Å²) in [7, 11) is 3.53. The maximum absolute atomic E-state index is 12.1. The Hall–Kier alpha value is -2.50. The normalized spacial score (nSPS) is 12.0. The first kappa shape index (κ1) is 15.9. The van der Waals surface area contributed by atoms with E-state index < -0.39 is 0 Å². The van der Waals surface area contributed by atoms with E-state index in [0.29, 0.717) is 0 Å². The van der Waals surface area contributed by atoms with E-state index in [1.807, 2.05) is 55.9 Å². The van der Waals surface area contributed by atoms with Crippen molar-refractivity contribution < 1.29 is 9.53 Å². The van der Waals surface area contributed by atoms with Crippen molar-refractivity contribution >= 4 is 6.03 Å². The minimum Gasteiger partial charge on any atom is -0.497 e. The van der Waals surface area contributed by atoms with Gasteiger partial charge in [0.2, 0.25) is 0 Å². The molecule has 6 heteroatoms. The Kier molecular flexibility index (Phi) is 5.04. The lowest BCUT2D eigenvalue weighted by Gasteiger charge is -2.20. The number of carbonyl (C=O) groups is 1. The third-order valence-corrected chi connectivity index (χ3v) is 3.26. The number of nitrogens with zero attached hydrogens (tertiary/aromatic N) is 2. The van der Waals surface area contributed by atoms with Gasteiger partial charge in [-0.1, -0.05) is 12.1 Å². The Bertz CT molecular complexity index is 619. The summed E-state index contributed by atoms with van der Waals surface area (Å²) in [5.41, 5.74) is 0.939. The van der Waals surface area contributed by atoms with E-state index in [2.05, 4.69) is 15.6 Å². The van der Waals surface area contributed by atoms with Crippen molar-refractivity contribution in [3.05, 3.63) is 48.0 Å². The molecule has 0 saturated carbocycles. The highest BCUT2D eigenvalue weighted by atomic mass is 16.5. The van der Waals surface area contributed by atoms with Gasteiger partial charge in [-0.25, -0.2) is 9.78 Å². The third-order valence-electron chi connectivity index (χ3n) is 3.26. The lowest BCUT2D eigenvalue weighted by atomic mass is 10.1. The maximum Gasteiger partial charge on any atom is 0.315 e. The summed E-state index contributed by atoms with van der Waals surface area (Å²) in [6, 6.07) is 7.10. The van der Waals surface area contributed by atoms with Crippen molar-refractivity contribution in [2.45, 2.75) is 25.9 Å². The van der Waals surface area contributed by atoms with Gasteiger partial charge < -0.3 is 19.9 Å². The molecular formula is C16H22N4O2. The third kappa shape index (κ3) is 3.78. The van der Waals surface area contributed by atoms with E-state index in [1.165, 1.54) is 0 Å². The van der Waals surface area contributed by atoms with E-state index >= 15 is 0 Å². The lowest BCUT2D eigenvalue weighted by Crippen LogP contribution is -2.42. The molecule has 0 bridgehead atoms. The molecule has 0 aliphatic carbocycles. The van der Waals surface area contributed by atoms with Crippen molar-refractivity contribution in [2.75, 3.05) is 7.11 Å². The first-order chi connectivity index (χ1) is 10.5. The number of amides is 2. The van der Waals surface area contributed by atoms with Crippen molar-refractivity contribution in [1.82, 2.24) is 20.2 Å². The van der Waals surface area contributed by atoms with Crippen LogP contribution in [-0.4, -0.2) is 28.7 Å². The Morgan fingerprint density at radius 1 is 1.23 bits per heavy atom. The number of imidazole rings is 1. The molecule has 0 spiro atoms. The molecule has 1 aromatic heterocycles. The summed E-state index contributed by atoms with van der Waals surface area (Å²) in [5, 5.41) is 5.81. The van der Waals surface area contributed by atoms with E-state index in [0.717, 1.165) is 17.1 Å². The average molecular weight is 302 g/mol. The van der Waals surface area contributed by atoms with Gasteiger partial charge in [0.15, 0.2) is 0 Å². The second-order valence-electron chi connectivity index (χ2n) is 5.38. The summed E-state index contributed by atoms with van der Waals surface area (Å²) in [5.74, 6) is 1.54. The van der Waals surface area contributed by atoms with Gasteiger partial charge in [0.1, 0.15) is 17.6 Å². The highest BCUT2D eigenvalue weighted by molar-refractivity contribution is 5.75. The first-order valence-electron chi connectivity index (χ1n) is 7.19. The van der Waals surface area contributed by atoms with Gasteiger partial charge in [-0.2, -0.15) is 0 Å². The molecule has 2 aromatic rings. The Morgan fingerprint density at radius 2 is 1.91 bits per heavy atom. The minimum atomic E-state index is -0.329. The fraction of sp³-hybridized carbons (Fsp3) is 0.375. The van der Waals surface area contributed by atoms with Crippen LogP contribution in [0.2, 0.25) is 0 Å². The topological polar surface area (TPSA) is 68.2 Å². The first-order valence-corrected chi connectivity index (χ1v) is 7.19. The van der Waals surface area contributed by atoms with Crippen LogP contribution in [0, 0.1) is 0 Å². The fourth-order valence-electron chi connectivity index (χ4n) is 2.18. The van der Waals surface area contributed by atoms with Crippen molar-refractivity contribution in [3.8, 4) is 5.75 Å². The quantitative estimate of drug-likeness (QED) is 0.890. The maximum atomic E-state index is 12.1. The number of rotatable bonds is 5. The largest absolute Gasteiger partial charge is 0.497 e. The van der Waals surface area contributed by atoms with Gasteiger partial charge in [-0.3, -0.25) is 0 Å². The van der Waals surface area contributed by atoms with Gasteiger partial charge in [-0.15, -0.1) is 0 Å². The number of ether oxygens (including phenoxy) is 1. The van der Waals surface area contributed by atoms with E-state index in [1.54, 1.807) is 13.3 Å². The molecule has 0 saturated heterocycles. The Labute approximate surface area is 130 Å². The molecule has 1 unspecified atom stereocenters. The van der Waals surface area contributed by atoms with Crippen LogP contribution in [-0.2, 0) is 7.05 Å². The zero-order valence-electron chi connectivity index (χ0n) is 13.3. The van der Waals surface area contributed by atoms with Crippen LogP contribution in [0.1, 0.15) is 31.3 Å². The van der Waals surface area contributed by atoms with Crippen molar-refractivity contribution in [1.29, 1.82) is 0 Å². The van der Waals surface area contributed by atoms with Gasteiger partial charge in [0, 0.05) is 25.5 Å². The number of benzene rings is 1. The Balaban J connectivity index is 2.28. The number of hydrogen-bond acceptors (Lipinski definition) is 3. The predicted molar refractivity (Wildman–Crippen MR) is 84.8 cm³/mol. The van der Waals surface area contributed by atoms with Gasteiger partial charge in [-0.05, 0) is 31.5 Å². The molecule has 0 aliphatic rings. The van der Waals surface area contributed by atoms with Crippen molar-refractivity contribution in [3.63, 3.8) is 0 Å². The standard InChI is InChI=1S/C16H22N4O2/c1-11(2)18-16(21)19-14(15-17-9-10-20(15)3)12-5-7-13(22-4)8-6-12/h5-11,14H,1-4H3,(H2,18,19,21). The molecule has 2 amide bonds. The monoisotopic (exact) mass is 302 g/mol. The molecule has 0 aliphatic heterocycles. The van der Waals surface area contributed by atoms with Gasteiger partial charge in [0.25, 0.3) is 0 Å². The minimum absolute atomic E-state index is 0.0675. The molecule has 6 nitrogen and oxygen atoms in total. The number of hydrogen-bond donors (Lipinski definition) is 2. The van der Waals surface area contributed by atoms with Crippen LogP contribution in [0.5, 0.6) is 5.75 Å². The fourth-order valence-corrected chi connectivity index (χ4v) is 2.18. The van der Waals surface area contributed by atoms with Crippen LogP contribution >= 0.6 is 0 Å². The second-order valence-corrected chi connectivity index (χ2v) is 5.38. The highest BCUT2D eigenvalue weighted by Crippen LogP contribution is 2.22.